The van der Waals surface area contributed by atoms with Crippen LogP contribution in [0.25, 0.3) is 0 Å². The summed E-state index contributed by atoms with van der Waals surface area (Å²) < 4.78 is 0. The van der Waals surface area contributed by atoms with Gasteiger partial charge in [0.25, 0.3) is 17.7 Å². The number of imide groups is 1. The maximum absolute atomic E-state index is 12.4. The van der Waals surface area contributed by atoms with Gasteiger partial charge in [-0.3, -0.25) is 24.1 Å². The molecule has 0 fully saturated rings. The predicted octanol–water partition coefficient (Wildman–Crippen LogP) is 0.576. The minimum atomic E-state index is -0.492. The summed E-state index contributed by atoms with van der Waals surface area (Å²) in [6.07, 6.45) is 0. The van der Waals surface area contributed by atoms with E-state index in [1.165, 1.54) is 4.90 Å². The third-order valence-corrected chi connectivity index (χ3v) is 5.37. The third kappa shape index (κ3) is 5.16. The summed E-state index contributed by atoms with van der Waals surface area (Å²) in [6.45, 7) is 7.34. The van der Waals surface area contributed by atoms with Crippen molar-refractivity contribution in [2.24, 2.45) is 0 Å². The number of amides is 4. The first-order valence-corrected chi connectivity index (χ1v) is 10.4. The van der Waals surface area contributed by atoms with Gasteiger partial charge in [-0.25, -0.2) is 0 Å². The normalized spacial score (nSPS) is 12.8. The van der Waals surface area contributed by atoms with Crippen LogP contribution in [0.3, 0.4) is 0 Å². The van der Waals surface area contributed by atoms with Gasteiger partial charge in [0.1, 0.15) is 6.54 Å². The smallest absolute Gasteiger partial charge is 0.262 e. The lowest BCUT2D eigenvalue weighted by atomic mass is 10.1. The SMILES string of the molecule is CC[NH+](CC)CCNC(=O)c1ccc(NC(=O)CN2C(=O)c3ccccc3C2=O)cc1. The Balaban J connectivity index is 1.52. The molecular formula is C23H27N4O4+. The van der Waals surface area contributed by atoms with Crippen LogP contribution in [-0.4, -0.2) is 61.3 Å². The number of hydrogen-bond acceptors (Lipinski definition) is 4. The number of carbonyl (C=O) groups excluding carboxylic acids is 4. The van der Waals surface area contributed by atoms with Crippen LogP contribution < -0.4 is 15.5 Å². The lowest BCUT2D eigenvalue weighted by Crippen LogP contribution is -3.12. The highest BCUT2D eigenvalue weighted by Gasteiger charge is 2.36. The summed E-state index contributed by atoms with van der Waals surface area (Å²) in [7, 11) is 0. The molecule has 162 valence electrons. The molecule has 4 amide bonds. The average Bonchev–Trinajstić information content (AvgIpc) is 3.02. The molecule has 1 aliphatic heterocycles. The number of rotatable bonds is 9. The van der Waals surface area contributed by atoms with E-state index in [0.29, 0.717) is 28.9 Å². The lowest BCUT2D eigenvalue weighted by Gasteiger charge is -2.15. The second kappa shape index (κ2) is 9.99. The molecule has 0 aliphatic carbocycles. The maximum atomic E-state index is 12.4. The minimum Gasteiger partial charge on any atom is -0.346 e. The Labute approximate surface area is 181 Å². The predicted molar refractivity (Wildman–Crippen MR) is 116 cm³/mol. The van der Waals surface area contributed by atoms with Crippen molar-refractivity contribution in [1.29, 1.82) is 0 Å². The van der Waals surface area contributed by atoms with Gasteiger partial charge < -0.3 is 15.5 Å². The molecule has 1 heterocycles. The van der Waals surface area contributed by atoms with Crippen LogP contribution in [0.2, 0.25) is 0 Å². The van der Waals surface area contributed by atoms with Crippen molar-refractivity contribution in [1.82, 2.24) is 10.2 Å². The molecule has 0 bridgehead atoms. The topological polar surface area (TPSA) is 100 Å². The fourth-order valence-corrected chi connectivity index (χ4v) is 3.49. The van der Waals surface area contributed by atoms with Gasteiger partial charge in [-0.15, -0.1) is 0 Å². The largest absolute Gasteiger partial charge is 0.346 e. The molecule has 0 saturated heterocycles. The van der Waals surface area contributed by atoms with Gasteiger partial charge in [0, 0.05) is 11.3 Å². The molecule has 0 saturated carbocycles. The van der Waals surface area contributed by atoms with Crippen LogP contribution >= 0.6 is 0 Å². The third-order valence-electron chi connectivity index (χ3n) is 5.37. The molecule has 0 atom stereocenters. The monoisotopic (exact) mass is 423 g/mol. The molecule has 3 N–H and O–H groups in total. The van der Waals surface area contributed by atoms with Crippen LogP contribution in [0.5, 0.6) is 0 Å². The van der Waals surface area contributed by atoms with E-state index in [1.807, 2.05) is 0 Å². The zero-order chi connectivity index (χ0) is 22.4. The molecule has 3 rings (SSSR count). The van der Waals surface area contributed by atoms with Crippen molar-refractivity contribution in [2.75, 3.05) is 38.0 Å². The van der Waals surface area contributed by atoms with E-state index >= 15 is 0 Å². The number of nitrogens with one attached hydrogen (secondary N) is 3. The van der Waals surface area contributed by atoms with E-state index < -0.39 is 17.7 Å². The van der Waals surface area contributed by atoms with Crippen molar-refractivity contribution in [3.8, 4) is 0 Å². The average molecular weight is 423 g/mol. The summed E-state index contributed by atoms with van der Waals surface area (Å²) in [5.41, 5.74) is 1.58. The summed E-state index contributed by atoms with van der Waals surface area (Å²) >= 11 is 0. The molecule has 0 spiro atoms. The van der Waals surface area contributed by atoms with E-state index in [0.717, 1.165) is 24.5 Å². The number of likely N-dealkylation sites (N-methyl/N-ethyl adjacent to an activating group) is 1. The standard InChI is InChI=1S/C23H26N4O4/c1-3-26(4-2)14-13-24-21(29)16-9-11-17(12-10-16)25-20(28)15-27-22(30)18-7-5-6-8-19(18)23(27)31/h5-12H,3-4,13-15H2,1-2H3,(H,24,29)(H,25,28)/p+1. The van der Waals surface area contributed by atoms with E-state index in [2.05, 4.69) is 24.5 Å². The fraction of sp³-hybridized carbons (Fsp3) is 0.304. The van der Waals surface area contributed by atoms with Crippen LogP contribution in [0.1, 0.15) is 44.9 Å². The zero-order valence-corrected chi connectivity index (χ0v) is 17.7. The number of carbonyl (C=O) groups is 4. The molecule has 8 nitrogen and oxygen atoms in total. The Hall–Kier alpha value is -3.52. The van der Waals surface area contributed by atoms with E-state index in [4.69, 9.17) is 0 Å². The summed E-state index contributed by atoms with van der Waals surface area (Å²) in [6, 6.07) is 13.0. The van der Waals surface area contributed by atoms with Gasteiger partial charge in [0.15, 0.2) is 0 Å². The van der Waals surface area contributed by atoms with Crippen LogP contribution in [-0.2, 0) is 4.79 Å². The van der Waals surface area contributed by atoms with Gasteiger partial charge in [-0.05, 0) is 50.2 Å². The van der Waals surface area contributed by atoms with Crippen molar-refractivity contribution in [2.45, 2.75) is 13.8 Å². The second-order valence-corrected chi connectivity index (χ2v) is 7.33. The van der Waals surface area contributed by atoms with E-state index in [9.17, 15) is 19.2 Å². The number of anilines is 1. The van der Waals surface area contributed by atoms with Gasteiger partial charge in [-0.2, -0.15) is 0 Å². The number of hydrogen-bond donors (Lipinski definition) is 3. The summed E-state index contributed by atoms with van der Waals surface area (Å²) in [5.74, 6) is -1.62. The zero-order valence-electron chi connectivity index (χ0n) is 17.7. The molecule has 8 heteroatoms. The Morgan fingerprint density at radius 1 is 0.903 bits per heavy atom. The molecule has 2 aromatic carbocycles. The van der Waals surface area contributed by atoms with Crippen molar-refractivity contribution >= 4 is 29.3 Å². The Morgan fingerprint density at radius 3 is 2.03 bits per heavy atom. The van der Waals surface area contributed by atoms with Gasteiger partial charge in [-0.1, -0.05) is 12.1 Å². The van der Waals surface area contributed by atoms with E-state index in [-0.39, 0.29) is 12.5 Å². The molecule has 0 unspecified atom stereocenters. The Bertz CT molecular complexity index is 948. The molecule has 2 aromatic rings. The Kier molecular flexibility index (Phi) is 7.15. The highest BCUT2D eigenvalue weighted by atomic mass is 16.2. The van der Waals surface area contributed by atoms with Crippen molar-refractivity contribution < 1.29 is 24.1 Å². The quantitative estimate of drug-likeness (QED) is 0.514. The number of benzene rings is 2. The molecule has 31 heavy (non-hydrogen) atoms. The van der Waals surface area contributed by atoms with Gasteiger partial charge in [0.2, 0.25) is 5.91 Å². The number of fused-ring (bicyclic) bond motifs is 1. The first kappa shape index (κ1) is 22.2. The lowest BCUT2D eigenvalue weighted by molar-refractivity contribution is -0.895. The highest BCUT2D eigenvalue weighted by Crippen LogP contribution is 2.22. The molecular weight excluding hydrogens is 396 g/mol. The summed E-state index contributed by atoms with van der Waals surface area (Å²) in [4.78, 5) is 51.7. The first-order valence-electron chi connectivity index (χ1n) is 10.4. The summed E-state index contributed by atoms with van der Waals surface area (Å²) in [5, 5.41) is 5.55. The fourth-order valence-electron chi connectivity index (χ4n) is 3.49. The molecule has 1 aliphatic rings. The highest BCUT2D eigenvalue weighted by molar-refractivity contribution is 6.22. The molecule has 0 aromatic heterocycles. The molecule has 0 radical (unpaired) electrons. The van der Waals surface area contributed by atoms with Gasteiger partial charge in [0.05, 0.1) is 37.3 Å². The second-order valence-electron chi connectivity index (χ2n) is 7.33. The van der Waals surface area contributed by atoms with Crippen molar-refractivity contribution in [3.63, 3.8) is 0 Å². The maximum Gasteiger partial charge on any atom is 0.262 e. The van der Waals surface area contributed by atoms with E-state index in [1.54, 1.807) is 48.5 Å². The number of nitrogens with zero attached hydrogens (tertiary/aromatic N) is 1. The number of quaternary nitrogens is 1. The van der Waals surface area contributed by atoms with Crippen LogP contribution in [0.4, 0.5) is 5.69 Å². The van der Waals surface area contributed by atoms with Gasteiger partial charge >= 0.3 is 0 Å². The first-order chi connectivity index (χ1) is 14.9. The van der Waals surface area contributed by atoms with Crippen LogP contribution in [0.15, 0.2) is 48.5 Å². The Morgan fingerprint density at radius 2 is 1.48 bits per heavy atom. The van der Waals surface area contributed by atoms with Crippen molar-refractivity contribution in [3.05, 3.63) is 65.2 Å². The van der Waals surface area contributed by atoms with Crippen LogP contribution in [0, 0.1) is 0 Å². The minimum absolute atomic E-state index is 0.171.